The number of hydrogen-bond acceptors (Lipinski definition) is 3. The lowest BCUT2D eigenvalue weighted by molar-refractivity contribution is -0.126. The SMILES string of the molecule is CC(C)(CNC(=O)C1COCCN1)c1ccccc1Cl.Cl. The van der Waals surface area contributed by atoms with Gasteiger partial charge in [-0.1, -0.05) is 43.6 Å². The number of halogens is 2. The van der Waals surface area contributed by atoms with Crippen LogP contribution in [0.4, 0.5) is 0 Å². The van der Waals surface area contributed by atoms with Gasteiger partial charge in [-0.25, -0.2) is 0 Å². The first-order chi connectivity index (χ1) is 9.50. The molecule has 0 aliphatic carbocycles. The van der Waals surface area contributed by atoms with E-state index in [9.17, 15) is 4.79 Å². The second kappa shape index (κ2) is 7.99. The Morgan fingerprint density at radius 3 is 2.81 bits per heavy atom. The third kappa shape index (κ3) is 4.85. The maximum Gasteiger partial charge on any atom is 0.239 e. The number of ether oxygens (including phenoxy) is 1. The molecule has 2 N–H and O–H groups in total. The summed E-state index contributed by atoms with van der Waals surface area (Å²) in [5, 5.41) is 6.85. The van der Waals surface area contributed by atoms with Crippen LogP contribution in [0.25, 0.3) is 0 Å². The summed E-state index contributed by atoms with van der Waals surface area (Å²) in [4.78, 5) is 12.1. The second-order valence-corrected chi connectivity index (χ2v) is 6.07. The third-order valence-electron chi connectivity index (χ3n) is 3.55. The van der Waals surface area contributed by atoms with E-state index >= 15 is 0 Å². The summed E-state index contributed by atoms with van der Waals surface area (Å²) >= 11 is 6.23. The number of hydrogen-bond donors (Lipinski definition) is 2. The predicted molar refractivity (Wildman–Crippen MR) is 87.3 cm³/mol. The van der Waals surface area contributed by atoms with Crippen LogP contribution in [-0.2, 0) is 14.9 Å². The Balaban J connectivity index is 0.00000220. The number of rotatable bonds is 4. The van der Waals surface area contributed by atoms with Crippen LogP contribution in [0.5, 0.6) is 0 Å². The molecule has 1 heterocycles. The molecule has 4 nitrogen and oxygen atoms in total. The first-order valence-corrected chi connectivity index (χ1v) is 7.22. The zero-order chi connectivity index (χ0) is 14.6. The molecule has 1 unspecified atom stereocenters. The van der Waals surface area contributed by atoms with Crippen molar-refractivity contribution in [2.24, 2.45) is 0 Å². The van der Waals surface area contributed by atoms with Crippen LogP contribution in [-0.4, -0.2) is 38.3 Å². The van der Waals surface area contributed by atoms with E-state index < -0.39 is 0 Å². The molecule has 0 aromatic heterocycles. The van der Waals surface area contributed by atoms with Gasteiger partial charge in [0.05, 0.1) is 13.2 Å². The Morgan fingerprint density at radius 1 is 1.48 bits per heavy atom. The summed E-state index contributed by atoms with van der Waals surface area (Å²) < 4.78 is 5.29. The zero-order valence-corrected chi connectivity index (χ0v) is 13.9. The van der Waals surface area contributed by atoms with Crippen molar-refractivity contribution >= 4 is 29.9 Å². The van der Waals surface area contributed by atoms with E-state index in [0.717, 1.165) is 10.6 Å². The highest BCUT2D eigenvalue weighted by atomic mass is 35.5. The van der Waals surface area contributed by atoms with Crippen LogP contribution in [0, 0.1) is 0 Å². The smallest absolute Gasteiger partial charge is 0.239 e. The van der Waals surface area contributed by atoms with Crippen LogP contribution in [0.1, 0.15) is 19.4 Å². The largest absolute Gasteiger partial charge is 0.378 e. The predicted octanol–water partition coefficient (Wildman–Crippen LogP) is 2.14. The fourth-order valence-electron chi connectivity index (χ4n) is 2.27. The molecule has 1 aliphatic heterocycles. The van der Waals surface area contributed by atoms with E-state index in [0.29, 0.717) is 26.3 Å². The van der Waals surface area contributed by atoms with Crippen molar-refractivity contribution in [1.82, 2.24) is 10.6 Å². The van der Waals surface area contributed by atoms with Crippen molar-refractivity contribution in [2.75, 3.05) is 26.3 Å². The minimum absolute atomic E-state index is 0. The summed E-state index contributed by atoms with van der Waals surface area (Å²) in [5.74, 6) is -0.0233. The van der Waals surface area contributed by atoms with Gasteiger partial charge in [0.15, 0.2) is 0 Å². The molecule has 1 fully saturated rings. The standard InChI is InChI=1S/C15H21ClN2O2.ClH/c1-15(2,11-5-3-4-6-12(11)16)10-18-14(19)13-9-20-8-7-17-13;/h3-6,13,17H,7-10H2,1-2H3,(H,18,19);1H. The lowest BCUT2D eigenvalue weighted by Crippen LogP contribution is -2.52. The number of nitrogens with one attached hydrogen (secondary N) is 2. The first-order valence-electron chi connectivity index (χ1n) is 6.84. The number of morpholine rings is 1. The molecule has 6 heteroatoms. The number of benzene rings is 1. The van der Waals surface area contributed by atoms with Gasteiger partial charge < -0.3 is 15.4 Å². The van der Waals surface area contributed by atoms with Crippen molar-refractivity contribution < 1.29 is 9.53 Å². The fraction of sp³-hybridized carbons (Fsp3) is 0.533. The van der Waals surface area contributed by atoms with Crippen molar-refractivity contribution in [3.8, 4) is 0 Å². The maximum absolute atomic E-state index is 12.1. The molecular weight excluding hydrogens is 311 g/mol. The lowest BCUT2D eigenvalue weighted by atomic mass is 9.84. The van der Waals surface area contributed by atoms with Crippen molar-refractivity contribution in [3.05, 3.63) is 34.9 Å². The van der Waals surface area contributed by atoms with Crippen molar-refractivity contribution in [3.63, 3.8) is 0 Å². The van der Waals surface area contributed by atoms with E-state index in [1.807, 2.05) is 24.3 Å². The summed E-state index contributed by atoms with van der Waals surface area (Å²) in [6.07, 6.45) is 0. The molecule has 1 amide bonds. The van der Waals surface area contributed by atoms with Gasteiger partial charge in [0.1, 0.15) is 6.04 Å². The van der Waals surface area contributed by atoms with Crippen LogP contribution in [0.2, 0.25) is 5.02 Å². The van der Waals surface area contributed by atoms with E-state index in [1.54, 1.807) is 0 Å². The molecule has 1 aliphatic rings. The highest BCUT2D eigenvalue weighted by molar-refractivity contribution is 6.31. The Bertz CT molecular complexity index is 474. The first kappa shape index (κ1) is 18.2. The molecule has 0 bridgehead atoms. The van der Waals surface area contributed by atoms with E-state index in [1.165, 1.54) is 0 Å². The number of amides is 1. The van der Waals surface area contributed by atoms with E-state index in [2.05, 4.69) is 24.5 Å². The molecule has 0 saturated carbocycles. The highest BCUT2D eigenvalue weighted by Crippen LogP contribution is 2.28. The molecule has 1 aromatic rings. The van der Waals surface area contributed by atoms with Gasteiger partial charge in [-0.15, -0.1) is 12.4 Å². The minimum atomic E-state index is -0.259. The third-order valence-corrected chi connectivity index (χ3v) is 3.88. The van der Waals surface area contributed by atoms with Crippen LogP contribution in [0.3, 0.4) is 0 Å². The van der Waals surface area contributed by atoms with Gasteiger partial charge in [-0.3, -0.25) is 4.79 Å². The van der Waals surface area contributed by atoms with Crippen LogP contribution >= 0.6 is 24.0 Å². The fourth-order valence-corrected chi connectivity index (χ4v) is 2.66. The van der Waals surface area contributed by atoms with Gasteiger partial charge in [0.2, 0.25) is 5.91 Å². The summed E-state index contributed by atoms with van der Waals surface area (Å²) in [6, 6.07) is 7.48. The Morgan fingerprint density at radius 2 is 2.19 bits per heavy atom. The lowest BCUT2D eigenvalue weighted by Gasteiger charge is -2.29. The molecule has 1 atom stereocenters. The summed E-state index contributed by atoms with van der Waals surface area (Å²) in [6.45, 7) is 6.48. The minimum Gasteiger partial charge on any atom is -0.378 e. The number of carbonyl (C=O) groups is 1. The van der Waals surface area contributed by atoms with Gasteiger partial charge in [0, 0.05) is 23.5 Å². The molecule has 1 saturated heterocycles. The molecular formula is C15H22Cl2N2O2. The Hall–Kier alpha value is -0.810. The van der Waals surface area contributed by atoms with Gasteiger partial charge >= 0.3 is 0 Å². The molecule has 1 aromatic carbocycles. The summed E-state index contributed by atoms with van der Waals surface area (Å²) in [5.41, 5.74) is 0.818. The molecule has 118 valence electrons. The van der Waals surface area contributed by atoms with Gasteiger partial charge in [0.25, 0.3) is 0 Å². The van der Waals surface area contributed by atoms with Gasteiger partial charge in [-0.05, 0) is 11.6 Å². The quantitative estimate of drug-likeness (QED) is 0.888. The van der Waals surface area contributed by atoms with Crippen molar-refractivity contribution in [2.45, 2.75) is 25.3 Å². The van der Waals surface area contributed by atoms with E-state index in [4.69, 9.17) is 16.3 Å². The zero-order valence-electron chi connectivity index (χ0n) is 12.3. The van der Waals surface area contributed by atoms with Crippen LogP contribution in [0.15, 0.2) is 24.3 Å². The normalized spacial score (nSPS) is 18.7. The number of carbonyl (C=O) groups excluding carboxylic acids is 1. The maximum atomic E-state index is 12.1. The highest BCUT2D eigenvalue weighted by Gasteiger charge is 2.26. The Kier molecular flexibility index (Phi) is 6.94. The van der Waals surface area contributed by atoms with Crippen molar-refractivity contribution in [1.29, 1.82) is 0 Å². The van der Waals surface area contributed by atoms with Gasteiger partial charge in [-0.2, -0.15) is 0 Å². The molecule has 2 rings (SSSR count). The second-order valence-electron chi connectivity index (χ2n) is 5.66. The summed E-state index contributed by atoms with van der Waals surface area (Å²) in [7, 11) is 0. The Labute approximate surface area is 137 Å². The molecule has 0 radical (unpaired) electrons. The topological polar surface area (TPSA) is 50.4 Å². The molecule has 0 spiro atoms. The average molecular weight is 333 g/mol. The van der Waals surface area contributed by atoms with E-state index in [-0.39, 0.29) is 29.8 Å². The van der Waals surface area contributed by atoms with Crippen LogP contribution < -0.4 is 10.6 Å². The molecule has 21 heavy (non-hydrogen) atoms. The average Bonchev–Trinajstić information content (AvgIpc) is 2.46. The monoisotopic (exact) mass is 332 g/mol.